The molecule has 1 rings (SSSR count). The van der Waals surface area contributed by atoms with Crippen molar-refractivity contribution >= 4 is 23.6 Å². The molecule has 0 saturated carbocycles. The second-order valence-corrected chi connectivity index (χ2v) is 3.12. The van der Waals surface area contributed by atoms with Gasteiger partial charge in [0.05, 0.1) is 21.5 Å². The first-order valence-electron chi connectivity index (χ1n) is 4.56. The number of nitro benzene ring substituents is 2. The van der Waals surface area contributed by atoms with Gasteiger partial charge in [-0.05, 0) is 6.07 Å². The van der Waals surface area contributed by atoms with Crippen LogP contribution in [-0.2, 0) is 4.79 Å². The summed E-state index contributed by atoms with van der Waals surface area (Å²) in [4.78, 5) is 33.3. The van der Waals surface area contributed by atoms with Gasteiger partial charge in [-0.3, -0.25) is 30.0 Å². The molecule has 0 aliphatic carbocycles. The van der Waals surface area contributed by atoms with Gasteiger partial charge in [0.2, 0.25) is 0 Å². The Hall–Kier alpha value is -2.84. The molecule has 18 heavy (non-hydrogen) atoms. The largest absolute Gasteiger partial charge is 0.480 e. The minimum atomic E-state index is -1.18. The highest BCUT2D eigenvalue weighted by Gasteiger charge is 2.17. The Morgan fingerprint density at radius 1 is 1.33 bits per heavy atom. The zero-order valence-corrected chi connectivity index (χ0v) is 8.85. The Morgan fingerprint density at radius 2 is 2.00 bits per heavy atom. The average molecular weight is 253 g/mol. The average Bonchev–Trinajstić information content (AvgIpc) is 2.28. The van der Waals surface area contributed by atoms with E-state index >= 15 is 0 Å². The zero-order chi connectivity index (χ0) is 13.7. The van der Waals surface area contributed by atoms with Crippen molar-refractivity contribution in [1.82, 2.24) is 0 Å². The van der Waals surface area contributed by atoms with Crippen LogP contribution in [-0.4, -0.2) is 33.7 Å². The summed E-state index contributed by atoms with van der Waals surface area (Å²) in [6.07, 6.45) is 0.996. The molecule has 0 bridgehead atoms. The Balaban J connectivity index is 3.12. The number of aliphatic carboxylic acids is 1. The maximum absolute atomic E-state index is 10.7. The molecule has 1 N–H and O–H groups in total. The van der Waals surface area contributed by atoms with Crippen LogP contribution in [0, 0.1) is 20.2 Å². The summed E-state index contributed by atoms with van der Waals surface area (Å²) >= 11 is 0. The van der Waals surface area contributed by atoms with Gasteiger partial charge in [-0.1, -0.05) is 0 Å². The topological polar surface area (TPSA) is 136 Å². The van der Waals surface area contributed by atoms with Crippen molar-refractivity contribution in [1.29, 1.82) is 0 Å². The van der Waals surface area contributed by atoms with E-state index in [1.54, 1.807) is 0 Å². The molecule has 1 aromatic carbocycles. The first-order valence-corrected chi connectivity index (χ1v) is 4.56. The maximum Gasteiger partial charge on any atom is 0.325 e. The summed E-state index contributed by atoms with van der Waals surface area (Å²) < 4.78 is 0. The summed E-state index contributed by atoms with van der Waals surface area (Å²) in [5.74, 6) is -1.18. The van der Waals surface area contributed by atoms with E-state index < -0.39 is 33.7 Å². The number of carboxylic acid groups (broad SMARTS) is 1. The van der Waals surface area contributed by atoms with Crippen LogP contribution in [0.4, 0.5) is 11.4 Å². The molecular weight excluding hydrogens is 246 g/mol. The number of benzene rings is 1. The van der Waals surface area contributed by atoms with Gasteiger partial charge in [-0.15, -0.1) is 0 Å². The number of rotatable bonds is 5. The lowest BCUT2D eigenvalue weighted by Gasteiger charge is -1.97. The van der Waals surface area contributed by atoms with Crippen LogP contribution in [0.1, 0.15) is 5.56 Å². The maximum atomic E-state index is 10.7. The number of nitro groups is 2. The normalized spacial score (nSPS) is 10.4. The van der Waals surface area contributed by atoms with E-state index in [-0.39, 0.29) is 5.56 Å². The van der Waals surface area contributed by atoms with E-state index in [1.165, 1.54) is 0 Å². The zero-order valence-electron chi connectivity index (χ0n) is 8.85. The first kappa shape index (κ1) is 13.2. The third kappa shape index (κ3) is 3.33. The van der Waals surface area contributed by atoms with Crippen LogP contribution in [0.2, 0.25) is 0 Å². The van der Waals surface area contributed by atoms with Crippen molar-refractivity contribution in [3.8, 4) is 0 Å². The molecule has 9 heteroatoms. The minimum absolute atomic E-state index is 0.00634. The molecule has 94 valence electrons. The van der Waals surface area contributed by atoms with E-state index in [0.29, 0.717) is 0 Å². The Kier molecular flexibility index (Phi) is 4.02. The van der Waals surface area contributed by atoms with Gasteiger partial charge in [0.15, 0.2) is 0 Å². The lowest BCUT2D eigenvalue weighted by atomic mass is 10.2. The fourth-order valence-corrected chi connectivity index (χ4v) is 1.13. The van der Waals surface area contributed by atoms with Crippen LogP contribution in [0.25, 0.3) is 0 Å². The third-order valence-electron chi connectivity index (χ3n) is 1.88. The van der Waals surface area contributed by atoms with Gasteiger partial charge in [0.1, 0.15) is 6.54 Å². The van der Waals surface area contributed by atoms with Gasteiger partial charge >= 0.3 is 5.97 Å². The molecule has 0 saturated heterocycles. The summed E-state index contributed by atoms with van der Waals surface area (Å²) in [7, 11) is 0. The second-order valence-electron chi connectivity index (χ2n) is 3.12. The Labute approximate surface area is 99.7 Å². The summed E-state index contributed by atoms with van der Waals surface area (Å²) in [6.45, 7) is -0.534. The molecule has 0 heterocycles. The molecule has 0 fully saturated rings. The summed E-state index contributed by atoms with van der Waals surface area (Å²) in [5, 5.41) is 29.5. The van der Waals surface area contributed by atoms with Crippen LogP contribution in [0.5, 0.6) is 0 Å². The smallest absolute Gasteiger partial charge is 0.325 e. The fourth-order valence-electron chi connectivity index (χ4n) is 1.13. The highest BCUT2D eigenvalue weighted by molar-refractivity contribution is 5.87. The number of carbonyl (C=O) groups is 1. The number of non-ortho nitro benzene ring substituents is 1. The van der Waals surface area contributed by atoms with Crippen molar-refractivity contribution in [3.63, 3.8) is 0 Å². The Bertz CT molecular complexity index is 539. The van der Waals surface area contributed by atoms with E-state index in [1.807, 2.05) is 0 Å². The molecule has 0 amide bonds. The number of aliphatic imine (C=N–C) groups is 1. The molecule has 0 aromatic heterocycles. The van der Waals surface area contributed by atoms with Crippen LogP contribution >= 0.6 is 0 Å². The summed E-state index contributed by atoms with van der Waals surface area (Å²) in [5.41, 5.74) is -0.915. The van der Waals surface area contributed by atoms with Crippen LogP contribution in [0.3, 0.4) is 0 Å². The molecule has 9 nitrogen and oxygen atoms in total. The standard InChI is InChI=1S/C9H7N3O6/c13-9(14)5-10-4-6-1-2-7(11(15)16)3-8(6)12(17)18/h1-4H,5H2,(H,13,14). The van der Waals surface area contributed by atoms with Crippen molar-refractivity contribution in [2.45, 2.75) is 0 Å². The molecule has 0 aliphatic heterocycles. The number of carboxylic acids is 1. The lowest BCUT2D eigenvalue weighted by Crippen LogP contribution is -2.01. The predicted octanol–water partition coefficient (Wildman–Crippen LogP) is 1.01. The molecule has 0 atom stereocenters. The van der Waals surface area contributed by atoms with E-state index in [9.17, 15) is 25.0 Å². The second kappa shape index (κ2) is 5.48. The molecular formula is C9H7N3O6. The van der Waals surface area contributed by atoms with Crippen molar-refractivity contribution in [2.24, 2.45) is 4.99 Å². The summed E-state index contributed by atoms with van der Waals surface area (Å²) in [6, 6.07) is 3.01. The van der Waals surface area contributed by atoms with Gasteiger partial charge in [-0.25, -0.2) is 0 Å². The lowest BCUT2D eigenvalue weighted by molar-refractivity contribution is -0.394. The van der Waals surface area contributed by atoms with Gasteiger partial charge in [-0.2, -0.15) is 0 Å². The molecule has 0 radical (unpaired) electrons. The van der Waals surface area contributed by atoms with E-state index in [2.05, 4.69) is 4.99 Å². The first-order chi connectivity index (χ1) is 8.41. The number of hydrogen-bond donors (Lipinski definition) is 1. The molecule has 0 spiro atoms. The molecule has 1 aromatic rings. The Morgan fingerprint density at radius 3 is 2.50 bits per heavy atom. The number of nitrogens with zero attached hydrogens (tertiary/aromatic N) is 3. The van der Waals surface area contributed by atoms with Crippen LogP contribution in [0.15, 0.2) is 23.2 Å². The fraction of sp³-hybridized carbons (Fsp3) is 0.111. The third-order valence-corrected chi connectivity index (χ3v) is 1.88. The van der Waals surface area contributed by atoms with Gasteiger partial charge < -0.3 is 5.11 Å². The van der Waals surface area contributed by atoms with E-state index in [0.717, 1.165) is 24.4 Å². The number of hydrogen-bond acceptors (Lipinski definition) is 6. The molecule has 0 aliphatic rings. The van der Waals surface area contributed by atoms with Gasteiger partial charge in [0.25, 0.3) is 11.4 Å². The van der Waals surface area contributed by atoms with E-state index in [4.69, 9.17) is 5.11 Å². The highest BCUT2D eigenvalue weighted by Crippen LogP contribution is 2.23. The highest BCUT2D eigenvalue weighted by atomic mass is 16.6. The van der Waals surface area contributed by atoms with Crippen molar-refractivity contribution in [2.75, 3.05) is 6.54 Å². The SMILES string of the molecule is O=C(O)CN=Cc1ccc([N+](=O)[O-])cc1[N+](=O)[O-]. The molecule has 0 unspecified atom stereocenters. The monoisotopic (exact) mass is 253 g/mol. The van der Waals surface area contributed by atoms with Crippen molar-refractivity contribution in [3.05, 3.63) is 44.0 Å². The van der Waals surface area contributed by atoms with Crippen molar-refractivity contribution < 1.29 is 19.7 Å². The predicted molar refractivity (Wildman–Crippen MR) is 59.8 cm³/mol. The van der Waals surface area contributed by atoms with Crippen LogP contribution < -0.4 is 0 Å². The van der Waals surface area contributed by atoms with Gasteiger partial charge in [0, 0.05) is 12.3 Å². The minimum Gasteiger partial charge on any atom is -0.480 e. The quantitative estimate of drug-likeness (QED) is 0.472.